The fourth-order valence-corrected chi connectivity index (χ4v) is 10.4. The number of phenolic OH excluding ortho intramolecular Hbond substituents is 2. The summed E-state index contributed by atoms with van der Waals surface area (Å²) in [6.45, 7) is 0. The molecule has 1 saturated carbocycles. The van der Waals surface area contributed by atoms with Crippen LogP contribution in [0.1, 0.15) is 36.8 Å². The number of hydrogen-bond donors (Lipinski definition) is 2. The van der Waals surface area contributed by atoms with Crippen LogP contribution < -0.4 is 0 Å². The zero-order chi connectivity index (χ0) is 51.7. The SMILES string of the molecule is Oc1c(C=N[C@@H]2CCCC[C@H]2N=Cc2cc3ccccc3c(-c3c(-c4c(F)c(F)c(F)c(F)c4F)ccc4ccccc34)c2O)cc2ccccc2c1-c1c(-c2c(F)c(F)c(F)c(F)c2F)ccc2ccccc12. The van der Waals surface area contributed by atoms with E-state index in [1.165, 1.54) is 36.7 Å². The Bertz CT molecular complexity index is 3730. The monoisotopic (exact) mass is 1010 g/mol. The first-order valence-electron chi connectivity index (χ1n) is 23.4. The number of aromatic hydroxyl groups is 2. The number of fused-ring (bicyclic) bond motifs is 4. The molecule has 1 fully saturated rings. The maximum Gasteiger partial charge on any atom is 0.200 e. The van der Waals surface area contributed by atoms with E-state index in [-0.39, 0.29) is 44.5 Å². The van der Waals surface area contributed by atoms with Gasteiger partial charge in [-0.1, -0.05) is 134 Å². The van der Waals surface area contributed by atoms with Crippen LogP contribution in [-0.4, -0.2) is 34.7 Å². The summed E-state index contributed by atoms with van der Waals surface area (Å²) in [6.07, 6.45) is 5.45. The van der Waals surface area contributed by atoms with Gasteiger partial charge >= 0.3 is 0 Å². The van der Waals surface area contributed by atoms with Gasteiger partial charge in [0.2, 0.25) is 11.6 Å². The van der Waals surface area contributed by atoms with Gasteiger partial charge in [0, 0.05) is 45.8 Å². The molecule has 10 aromatic rings. The number of benzene rings is 10. The van der Waals surface area contributed by atoms with E-state index in [1.54, 1.807) is 109 Å². The predicted octanol–water partition coefficient (Wildman–Crippen LogP) is 16.6. The first kappa shape index (κ1) is 47.8. The molecule has 0 bridgehead atoms. The van der Waals surface area contributed by atoms with Crippen molar-refractivity contribution in [2.75, 3.05) is 0 Å². The van der Waals surface area contributed by atoms with E-state index in [2.05, 4.69) is 0 Å². The van der Waals surface area contributed by atoms with Crippen LogP contribution >= 0.6 is 0 Å². The molecule has 0 radical (unpaired) electrons. The largest absolute Gasteiger partial charge is 0.507 e. The zero-order valence-electron chi connectivity index (χ0n) is 38.4. The van der Waals surface area contributed by atoms with Crippen molar-refractivity contribution in [1.29, 1.82) is 0 Å². The van der Waals surface area contributed by atoms with Gasteiger partial charge in [-0.25, -0.2) is 43.9 Å². The zero-order valence-corrected chi connectivity index (χ0v) is 38.4. The van der Waals surface area contributed by atoms with E-state index in [1.807, 2.05) is 0 Å². The molecule has 0 unspecified atom stereocenters. The van der Waals surface area contributed by atoms with Crippen LogP contribution in [0, 0.1) is 58.2 Å². The lowest BCUT2D eigenvalue weighted by molar-refractivity contribution is 0.381. The molecule has 74 heavy (non-hydrogen) atoms. The molecule has 0 aromatic heterocycles. The molecule has 0 saturated heterocycles. The van der Waals surface area contributed by atoms with Gasteiger partial charge in [0.15, 0.2) is 46.5 Å². The normalized spacial score (nSPS) is 15.2. The highest BCUT2D eigenvalue weighted by Crippen LogP contribution is 2.50. The van der Waals surface area contributed by atoms with Crippen molar-refractivity contribution in [3.05, 3.63) is 203 Å². The molecule has 10 aromatic carbocycles. The summed E-state index contributed by atoms with van der Waals surface area (Å²) in [5.41, 5.74) is -2.61. The van der Waals surface area contributed by atoms with Crippen LogP contribution in [0.3, 0.4) is 0 Å². The van der Waals surface area contributed by atoms with Crippen molar-refractivity contribution in [3.63, 3.8) is 0 Å². The summed E-state index contributed by atoms with van der Waals surface area (Å²) in [4.78, 5) is 9.85. The van der Waals surface area contributed by atoms with Crippen LogP contribution in [0.5, 0.6) is 11.5 Å². The molecular weight excluding hydrogens is 971 g/mol. The van der Waals surface area contributed by atoms with Crippen molar-refractivity contribution in [2.45, 2.75) is 37.8 Å². The maximum atomic E-state index is 15.7. The number of rotatable bonds is 8. The summed E-state index contributed by atoms with van der Waals surface area (Å²) in [7, 11) is 0. The lowest BCUT2D eigenvalue weighted by Gasteiger charge is -2.26. The Kier molecular flexibility index (Phi) is 12.2. The number of hydrogen-bond acceptors (Lipinski definition) is 4. The van der Waals surface area contributed by atoms with Crippen LogP contribution in [0.15, 0.2) is 143 Å². The number of phenols is 2. The Morgan fingerprint density at radius 2 is 0.635 bits per heavy atom. The highest BCUT2D eigenvalue weighted by atomic mass is 19.2. The Hall–Kier alpha value is -8.52. The van der Waals surface area contributed by atoms with E-state index < -0.39 is 92.9 Å². The highest BCUT2D eigenvalue weighted by molar-refractivity contribution is 6.16. The molecule has 11 rings (SSSR count). The van der Waals surface area contributed by atoms with Gasteiger partial charge in [-0.3, -0.25) is 9.98 Å². The molecule has 0 aliphatic heterocycles. The Morgan fingerprint density at radius 3 is 0.986 bits per heavy atom. The van der Waals surface area contributed by atoms with Gasteiger partial charge in [0.1, 0.15) is 11.5 Å². The summed E-state index contributed by atoms with van der Waals surface area (Å²) in [5.74, 6) is -22.1. The third-order valence-corrected chi connectivity index (χ3v) is 13.9. The minimum absolute atomic E-state index is 0.00727. The lowest BCUT2D eigenvalue weighted by atomic mass is 9.85. The average molecular weight is 1010 g/mol. The van der Waals surface area contributed by atoms with Gasteiger partial charge in [0.05, 0.1) is 23.2 Å². The minimum atomic E-state index is -2.31. The Morgan fingerprint density at radius 1 is 0.338 bits per heavy atom. The first-order valence-corrected chi connectivity index (χ1v) is 23.4. The smallest absolute Gasteiger partial charge is 0.200 e. The summed E-state index contributed by atoms with van der Waals surface area (Å²) < 4.78 is 151. The van der Waals surface area contributed by atoms with Crippen LogP contribution in [-0.2, 0) is 0 Å². The van der Waals surface area contributed by atoms with Gasteiger partial charge < -0.3 is 10.2 Å². The third kappa shape index (κ3) is 7.78. The Labute approximate surface area is 414 Å². The molecule has 0 spiro atoms. The minimum Gasteiger partial charge on any atom is -0.507 e. The second-order valence-corrected chi connectivity index (χ2v) is 18.1. The highest BCUT2D eigenvalue weighted by Gasteiger charge is 2.33. The van der Waals surface area contributed by atoms with Crippen molar-refractivity contribution in [3.8, 4) is 56.0 Å². The predicted molar refractivity (Wildman–Crippen MR) is 269 cm³/mol. The fraction of sp³-hybridized carbons (Fsp3) is 0.100. The van der Waals surface area contributed by atoms with E-state index in [0.717, 1.165) is 12.8 Å². The van der Waals surface area contributed by atoms with Crippen LogP contribution in [0.2, 0.25) is 0 Å². The lowest BCUT2D eigenvalue weighted by Crippen LogP contribution is -2.27. The van der Waals surface area contributed by atoms with Crippen molar-refractivity contribution in [2.24, 2.45) is 9.98 Å². The summed E-state index contributed by atoms with van der Waals surface area (Å²) in [5, 5.41) is 28.4. The van der Waals surface area contributed by atoms with Crippen molar-refractivity contribution in [1.82, 2.24) is 0 Å². The molecule has 2 atom stereocenters. The fourth-order valence-electron chi connectivity index (χ4n) is 10.4. The standard InChI is InChI=1S/C60H36F10N2O2/c61-49-47(50(62)54(66)57(69)53(49)65)39-23-21-29-11-1-5-15-35(29)43(39)45-37-17-7-3-13-31(37)25-33(59(45)73)27-71-41-19-9-10-20-42(41)72-28-34-26-32-14-4-8-18-38(32)46(60(34)74)44-36-16-6-2-12-30(36)22-24-40(44)48-51(63)55(67)58(70)56(68)52(48)64/h1-8,11-18,21-28,41-42,73-74H,9-10,19-20H2/t41-,42-/m1/s1. The Balaban J connectivity index is 1.03. The van der Waals surface area contributed by atoms with E-state index in [0.29, 0.717) is 55.9 Å². The van der Waals surface area contributed by atoms with Crippen molar-refractivity contribution >= 4 is 55.5 Å². The molecule has 1 aliphatic rings. The number of halogens is 10. The van der Waals surface area contributed by atoms with Gasteiger partial charge in [-0.15, -0.1) is 0 Å². The molecule has 14 heteroatoms. The third-order valence-electron chi connectivity index (χ3n) is 13.9. The first-order chi connectivity index (χ1) is 35.7. The van der Waals surface area contributed by atoms with E-state index >= 15 is 17.6 Å². The van der Waals surface area contributed by atoms with Gasteiger partial charge in [0.25, 0.3) is 0 Å². The topological polar surface area (TPSA) is 65.2 Å². The van der Waals surface area contributed by atoms with Crippen LogP contribution in [0.4, 0.5) is 43.9 Å². The molecule has 2 N–H and O–H groups in total. The molecule has 0 amide bonds. The molecule has 368 valence electrons. The second-order valence-electron chi connectivity index (χ2n) is 18.1. The maximum absolute atomic E-state index is 15.7. The van der Waals surface area contributed by atoms with Crippen molar-refractivity contribution < 1.29 is 54.1 Å². The van der Waals surface area contributed by atoms with E-state index in [4.69, 9.17) is 9.98 Å². The van der Waals surface area contributed by atoms with Crippen LogP contribution in [0.25, 0.3) is 87.6 Å². The quantitative estimate of drug-likeness (QED) is 0.0689. The molecule has 1 aliphatic carbocycles. The molecular formula is C60H36F10N2O2. The summed E-state index contributed by atoms with van der Waals surface area (Å²) in [6, 6.07) is 34.7. The second kappa shape index (κ2) is 18.8. The summed E-state index contributed by atoms with van der Waals surface area (Å²) >= 11 is 0. The molecule has 0 heterocycles. The van der Waals surface area contributed by atoms with E-state index in [9.17, 15) is 36.6 Å². The van der Waals surface area contributed by atoms with Gasteiger partial charge in [-0.05, 0) is 79.2 Å². The van der Waals surface area contributed by atoms with Gasteiger partial charge in [-0.2, -0.15) is 0 Å². The number of aliphatic imine (C=N–C) groups is 2. The average Bonchev–Trinajstić information content (AvgIpc) is 3.43. The number of nitrogens with zero attached hydrogens (tertiary/aromatic N) is 2. The molecule has 4 nitrogen and oxygen atoms in total.